The van der Waals surface area contributed by atoms with Gasteiger partial charge in [-0.05, 0) is 49.8 Å². The van der Waals surface area contributed by atoms with Gasteiger partial charge in [-0.15, -0.1) is 10.9 Å². The lowest BCUT2D eigenvalue weighted by atomic mass is 10.1. The summed E-state index contributed by atoms with van der Waals surface area (Å²) in [7, 11) is 1.73. The lowest BCUT2D eigenvalue weighted by Gasteiger charge is -2.30. The van der Waals surface area contributed by atoms with Gasteiger partial charge in [0, 0.05) is 30.5 Å². The van der Waals surface area contributed by atoms with Crippen molar-refractivity contribution in [1.82, 2.24) is 4.90 Å². The molecule has 0 saturated carbocycles. The summed E-state index contributed by atoms with van der Waals surface area (Å²) in [4.78, 5) is 18.6. The van der Waals surface area contributed by atoms with Gasteiger partial charge in [0.15, 0.2) is 5.78 Å². The highest BCUT2D eigenvalue weighted by molar-refractivity contribution is 7.99. The summed E-state index contributed by atoms with van der Waals surface area (Å²) in [5.41, 5.74) is 4.69. The minimum absolute atomic E-state index is 0.0633. The number of likely N-dealkylation sites (N-methyl/N-ethyl adjacent to an activating group) is 2. The number of allylic oxidation sites excluding steroid dienone is 4. The number of hydrogen-bond acceptors (Lipinski definition) is 3. The molecule has 1 aliphatic carbocycles. The van der Waals surface area contributed by atoms with Crippen LogP contribution in [0.15, 0.2) is 66.0 Å². The predicted molar refractivity (Wildman–Crippen MR) is 109 cm³/mol. The number of para-hydroxylation sites is 1. The summed E-state index contributed by atoms with van der Waals surface area (Å²) in [6, 6.07) is 8.47. The van der Waals surface area contributed by atoms with Crippen molar-refractivity contribution in [2.75, 3.05) is 18.0 Å². The monoisotopic (exact) mass is 348 g/mol. The van der Waals surface area contributed by atoms with E-state index in [-0.39, 0.29) is 5.78 Å². The number of carbonyl (C=O) groups excluding carboxylic acids is 1. The minimum Gasteiger partial charge on any atom is -0.341 e. The molecule has 25 heavy (non-hydrogen) atoms. The molecule has 3 nitrogen and oxygen atoms in total. The van der Waals surface area contributed by atoms with Crippen LogP contribution >= 0.6 is 10.9 Å². The maximum Gasteiger partial charge on any atom is 0.180 e. The summed E-state index contributed by atoms with van der Waals surface area (Å²) in [6.07, 6.45) is 11.9. The molecule has 0 N–H and O–H groups in total. The fraction of sp³-hybridized carbons (Fsp3) is 0.190. The normalized spacial score (nSPS) is 20.0. The molecular weight excluding hydrogens is 328 g/mol. The fourth-order valence-corrected chi connectivity index (χ4v) is 4.55. The van der Waals surface area contributed by atoms with Gasteiger partial charge in [0.2, 0.25) is 0 Å². The van der Waals surface area contributed by atoms with Gasteiger partial charge < -0.3 is 9.80 Å². The highest BCUT2D eigenvalue weighted by Gasteiger charge is 2.25. The van der Waals surface area contributed by atoms with Gasteiger partial charge in [-0.25, -0.2) is 0 Å². The van der Waals surface area contributed by atoms with Crippen LogP contribution in [0.5, 0.6) is 0 Å². The third-order valence-electron chi connectivity index (χ3n) is 4.58. The van der Waals surface area contributed by atoms with Crippen LogP contribution in [0.1, 0.15) is 19.4 Å². The summed E-state index contributed by atoms with van der Waals surface area (Å²) < 4.78 is 0. The Bertz CT molecular complexity index is 942. The molecule has 0 bridgehead atoms. The molecular formula is C21H20N2OS. The Morgan fingerprint density at radius 2 is 1.80 bits per heavy atom. The van der Waals surface area contributed by atoms with Gasteiger partial charge >= 0.3 is 0 Å². The van der Waals surface area contributed by atoms with E-state index in [2.05, 4.69) is 66.1 Å². The molecule has 4 rings (SSSR count). The lowest BCUT2D eigenvalue weighted by Crippen LogP contribution is -2.30. The Kier molecular flexibility index (Phi) is 4.06. The van der Waals surface area contributed by atoms with Gasteiger partial charge in [-0.2, -0.15) is 0 Å². The Hall–Kier alpha value is -2.59. The summed E-state index contributed by atoms with van der Waals surface area (Å²) >= 11 is 0. The first kappa shape index (κ1) is 15.9. The van der Waals surface area contributed by atoms with Crippen molar-refractivity contribution in [1.29, 1.82) is 0 Å². The van der Waals surface area contributed by atoms with Gasteiger partial charge in [0.05, 0.1) is 15.6 Å². The van der Waals surface area contributed by atoms with Gasteiger partial charge in [-0.1, -0.05) is 24.3 Å². The number of benzene rings is 1. The molecule has 2 aliphatic heterocycles. The van der Waals surface area contributed by atoms with E-state index in [0.717, 1.165) is 23.7 Å². The number of anilines is 1. The molecule has 0 atom stereocenters. The molecule has 3 aliphatic rings. The minimum atomic E-state index is 0.0633. The molecule has 0 unspecified atom stereocenters. The van der Waals surface area contributed by atoms with Crippen LogP contribution < -0.4 is 4.90 Å². The van der Waals surface area contributed by atoms with Crippen LogP contribution in [0.2, 0.25) is 0 Å². The second-order valence-electron chi connectivity index (χ2n) is 6.02. The Labute approximate surface area is 151 Å². The Morgan fingerprint density at radius 1 is 1.00 bits per heavy atom. The van der Waals surface area contributed by atoms with E-state index in [1.165, 1.54) is 21.9 Å². The largest absolute Gasteiger partial charge is 0.341 e. The Balaban J connectivity index is 1.76. The molecule has 0 amide bonds. The topological polar surface area (TPSA) is 23.6 Å². The van der Waals surface area contributed by atoms with E-state index in [1.54, 1.807) is 23.1 Å². The van der Waals surface area contributed by atoms with Crippen LogP contribution in [0.4, 0.5) is 5.69 Å². The molecule has 0 aromatic heterocycles. The van der Waals surface area contributed by atoms with E-state index in [4.69, 9.17) is 0 Å². The third kappa shape index (κ3) is 2.72. The molecule has 0 spiro atoms. The maximum absolute atomic E-state index is 11.7. The Morgan fingerprint density at radius 3 is 2.60 bits per heavy atom. The van der Waals surface area contributed by atoms with Crippen molar-refractivity contribution in [3.05, 3.63) is 71.6 Å². The van der Waals surface area contributed by atoms with Gasteiger partial charge in [-0.3, -0.25) is 4.79 Å². The second kappa shape index (κ2) is 6.37. The first-order valence-electron chi connectivity index (χ1n) is 8.61. The number of carbonyl (C=O) groups is 1. The number of hydrogen-bond donors (Lipinski definition) is 0. The average molecular weight is 348 g/mol. The van der Waals surface area contributed by atoms with E-state index >= 15 is 0 Å². The fourth-order valence-electron chi connectivity index (χ4n) is 3.40. The summed E-state index contributed by atoms with van der Waals surface area (Å²) in [5.74, 6) is 0.0633. The number of fused-ring (bicyclic) bond motifs is 2. The van der Waals surface area contributed by atoms with Crippen molar-refractivity contribution in [2.24, 2.45) is 0 Å². The molecule has 4 heteroatoms. The SMILES string of the molecule is CCN1C2=CC(=O)C=CC2=S=C1/C=C1\C=Cc2ccccc2N1CC. The van der Waals surface area contributed by atoms with Crippen molar-refractivity contribution >= 4 is 38.3 Å². The second-order valence-corrected chi connectivity index (χ2v) is 7.08. The highest BCUT2D eigenvalue weighted by atomic mass is 32.1. The molecule has 1 aromatic carbocycles. The van der Waals surface area contributed by atoms with Crippen molar-refractivity contribution in [2.45, 2.75) is 13.8 Å². The lowest BCUT2D eigenvalue weighted by molar-refractivity contribution is -0.110. The van der Waals surface area contributed by atoms with Crippen molar-refractivity contribution in [3.8, 4) is 0 Å². The van der Waals surface area contributed by atoms with E-state index in [1.807, 2.05) is 6.08 Å². The molecule has 2 heterocycles. The molecule has 126 valence electrons. The molecule has 0 fully saturated rings. The molecule has 0 saturated heterocycles. The van der Waals surface area contributed by atoms with E-state index in [9.17, 15) is 4.79 Å². The van der Waals surface area contributed by atoms with Crippen molar-refractivity contribution in [3.63, 3.8) is 0 Å². The summed E-state index contributed by atoms with van der Waals surface area (Å²) in [6.45, 7) is 6.05. The van der Waals surface area contributed by atoms with Gasteiger partial charge in [0.1, 0.15) is 0 Å². The third-order valence-corrected chi connectivity index (χ3v) is 5.69. The van der Waals surface area contributed by atoms with Gasteiger partial charge in [0.25, 0.3) is 0 Å². The number of nitrogens with zero attached hydrogens (tertiary/aromatic N) is 2. The van der Waals surface area contributed by atoms with E-state index in [0.29, 0.717) is 0 Å². The van der Waals surface area contributed by atoms with Crippen LogP contribution in [0.3, 0.4) is 0 Å². The quantitative estimate of drug-likeness (QED) is 0.613. The summed E-state index contributed by atoms with van der Waals surface area (Å²) in [5, 5.41) is 0. The first-order valence-corrected chi connectivity index (χ1v) is 9.42. The molecule has 1 aromatic rings. The van der Waals surface area contributed by atoms with Crippen LogP contribution in [0.25, 0.3) is 6.08 Å². The van der Waals surface area contributed by atoms with E-state index < -0.39 is 0 Å². The predicted octanol–water partition coefficient (Wildman–Crippen LogP) is 3.82. The van der Waals surface area contributed by atoms with Crippen LogP contribution in [-0.2, 0) is 4.79 Å². The number of ketones is 1. The standard InChI is InChI=1S/C21H20N2OS/c1-3-22-16(10-9-15-7-5-6-8-18(15)22)13-21-23(4-2)19-14-17(24)11-12-20(19)25-21/h5-14H,3-4H2,1-2H3/b16-13+. The zero-order chi connectivity index (χ0) is 17.4. The van der Waals surface area contributed by atoms with Crippen LogP contribution in [0, 0.1) is 0 Å². The maximum atomic E-state index is 11.7. The first-order chi connectivity index (χ1) is 12.2. The zero-order valence-corrected chi connectivity index (χ0v) is 15.2. The average Bonchev–Trinajstić information content (AvgIpc) is 2.97. The molecule has 0 radical (unpaired) electrons. The van der Waals surface area contributed by atoms with Crippen molar-refractivity contribution < 1.29 is 4.79 Å². The van der Waals surface area contributed by atoms with Crippen LogP contribution in [-0.4, -0.2) is 33.6 Å². The number of rotatable bonds is 3. The highest BCUT2D eigenvalue weighted by Crippen LogP contribution is 2.31. The zero-order valence-electron chi connectivity index (χ0n) is 14.4. The smallest absolute Gasteiger partial charge is 0.180 e.